The summed E-state index contributed by atoms with van der Waals surface area (Å²) >= 11 is 0. The third-order valence-electron chi connectivity index (χ3n) is 3.47. The molecule has 25 heavy (non-hydrogen) atoms. The number of benzene rings is 2. The Morgan fingerprint density at radius 1 is 1.24 bits per heavy atom. The van der Waals surface area contributed by atoms with E-state index in [2.05, 4.69) is 48.6 Å². The van der Waals surface area contributed by atoms with Crippen LogP contribution in [0.3, 0.4) is 0 Å². The van der Waals surface area contributed by atoms with Crippen molar-refractivity contribution >= 4 is 16.6 Å². The minimum Gasteiger partial charge on any atom is -0.682 e. The van der Waals surface area contributed by atoms with Gasteiger partial charge < -0.3 is 10.4 Å². The van der Waals surface area contributed by atoms with Crippen molar-refractivity contribution in [3.05, 3.63) is 89.1 Å². The first kappa shape index (κ1) is 20.9. The van der Waals surface area contributed by atoms with Gasteiger partial charge in [-0.05, 0) is 13.8 Å². The molecule has 3 rings (SSSR count). The predicted molar refractivity (Wildman–Crippen MR) is 99.0 cm³/mol. The van der Waals surface area contributed by atoms with E-state index >= 15 is 0 Å². The molecule has 133 valence electrons. The topological polar surface area (TPSA) is 51.4 Å². The fourth-order valence-corrected chi connectivity index (χ4v) is 2.47. The van der Waals surface area contributed by atoms with Gasteiger partial charge in [0.15, 0.2) is 5.78 Å². The molecule has 2 aromatic rings. The van der Waals surface area contributed by atoms with E-state index in [1.807, 2.05) is 24.4 Å². The minimum absolute atomic E-state index is 0. The van der Waals surface area contributed by atoms with Gasteiger partial charge in [0.05, 0.1) is 5.76 Å². The van der Waals surface area contributed by atoms with E-state index in [0.717, 1.165) is 5.39 Å². The maximum Gasteiger partial charge on any atom is 0.155 e. The van der Waals surface area contributed by atoms with Crippen LogP contribution in [-0.4, -0.2) is 10.9 Å². The van der Waals surface area contributed by atoms with Crippen molar-refractivity contribution in [1.82, 2.24) is 0 Å². The number of allylic oxidation sites excluding steroid dienone is 4. The quantitative estimate of drug-likeness (QED) is 0.330. The van der Waals surface area contributed by atoms with Crippen LogP contribution in [0.4, 0.5) is 0 Å². The van der Waals surface area contributed by atoms with Gasteiger partial charge in [0.1, 0.15) is 0 Å². The molecule has 0 fully saturated rings. The fraction of sp³-hybridized carbons (Fsp3) is 0.190. The molecule has 2 aromatic carbocycles. The Labute approximate surface area is 162 Å². The Balaban J connectivity index is 0.000000339. The van der Waals surface area contributed by atoms with E-state index in [1.54, 1.807) is 0 Å². The number of carbonyl (C=O) groups is 1. The maximum atomic E-state index is 10.0. The molecule has 4 heteroatoms. The Kier molecular flexibility index (Phi) is 8.33. The minimum atomic E-state index is -0.125. The van der Waals surface area contributed by atoms with Crippen LogP contribution >= 0.6 is 0 Å². The second-order valence-electron chi connectivity index (χ2n) is 5.67. The normalized spacial score (nSPS) is 15.6. The first-order valence-corrected chi connectivity index (χ1v) is 7.80. The first-order valence-electron chi connectivity index (χ1n) is 7.80. The van der Waals surface area contributed by atoms with Gasteiger partial charge in [-0.25, -0.2) is 0 Å². The molecule has 1 aliphatic heterocycles. The van der Waals surface area contributed by atoms with Crippen LogP contribution in [0.5, 0.6) is 0 Å². The zero-order chi connectivity index (χ0) is 17.5. The molecular weight excluding hydrogens is 490 g/mol. The molecule has 0 saturated carbocycles. The van der Waals surface area contributed by atoms with Crippen molar-refractivity contribution in [3.63, 3.8) is 0 Å². The standard InChI is InChI=1S/C16H13N.C5H8O2.Ir/c1-12-10-13-6-2-3-7-14(13)11-15(12)16-8-4-5-9-17-16;1-4(6)3-5(2)7;/h2-10,16H,1H3;3,6H,1-2H3;/q-2;;/b;4-3-;. The molecule has 0 aliphatic carbocycles. The van der Waals surface area contributed by atoms with Crippen LogP contribution in [-0.2, 0) is 24.9 Å². The third-order valence-corrected chi connectivity index (χ3v) is 3.47. The van der Waals surface area contributed by atoms with Crippen LogP contribution in [0.15, 0.2) is 66.6 Å². The number of nitrogens with zero attached hydrogens (tertiary/aromatic N) is 1. The predicted octanol–water partition coefficient (Wildman–Crippen LogP) is 5.48. The van der Waals surface area contributed by atoms with Crippen molar-refractivity contribution in [2.75, 3.05) is 0 Å². The molecule has 0 saturated heterocycles. The van der Waals surface area contributed by atoms with Gasteiger partial charge in [0.2, 0.25) is 0 Å². The Morgan fingerprint density at radius 3 is 2.52 bits per heavy atom. The molecular formula is C21H21IrNO2-2. The summed E-state index contributed by atoms with van der Waals surface area (Å²) in [6.45, 7) is 4.97. The largest absolute Gasteiger partial charge is 0.682 e. The maximum absolute atomic E-state index is 10.0. The number of hydrogen-bond donors (Lipinski definition) is 1. The molecule has 1 unspecified atom stereocenters. The molecule has 1 heterocycles. The van der Waals surface area contributed by atoms with E-state index in [1.165, 1.54) is 36.4 Å². The second-order valence-corrected chi connectivity index (χ2v) is 5.67. The van der Waals surface area contributed by atoms with Gasteiger partial charge >= 0.3 is 0 Å². The molecule has 1 radical (unpaired) electrons. The number of aliphatic hydroxyl groups excluding tert-OH is 1. The van der Waals surface area contributed by atoms with Gasteiger partial charge in [0, 0.05) is 26.2 Å². The summed E-state index contributed by atoms with van der Waals surface area (Å²) in [6, 6.07) is 14.1. The molecule has 0 bridgehead atoms. The monoisotopic (exact) mass is 512 g/mol. The number of hydrogen-bond acceptors (Lipinski definition) is 2. The number of rotatable bonds is 2. The summed E-state index contributed by atoms with van der Waals surface area (Å²) in [7, 11) is 0. The van der Waals surface area contributed by atoms with Gasteiger partial charge in [0.25, 0.3) is 0 Å². The summed E-state index contributed by atoms with van der Waals surface area (Å²) < 4.78 is 0. The van der Waals surface area contributed by atoms with Gasteiger partial charge in [-0.3, -0.25) is 4.79 Å². The van der Waals surface area contributed by atoms with Crippen molar-refractivity contribution in [3.8, 4) is 0 Å². The van der Waals surface area contributed by atoms with Crippen LogP contribution in [0.1, 0.15) is 31.0 Å². The van der Waals surface area contributed by atoms with Gasteiger partial charge in [-0.15, -0.1) is 46.2 Å². The molecule has 0 spiro atoms. The zero-order valence-corrected chi connectivity index (χ0v) is 16.9. The van der Waals surface area contributed by atoms with Gasteiger partial charge in [-0.1, -0.05) is 43.3 Å². The Morgan fingerprint density at radius 2 is 1.96 bits per heavy atom. The molecule has 1 N–H and O–H groups in total. The summed E-state index contributed by atoms with van der Waals surface area (Å²) in [6.07, 6.45) is 9.12. The van der Waals surface area contributed by atoms with Crippen LogP contribution in [0.25, 0.3) is 16.1 Å². The first-order chi connectivity index (χ1) is 11.5. The number of aryl methyl sites for hydroxylation is 1. The van der Waals surface area contributed by atoms with Crippen LogP contribution in [0, 0.1) is 13.0 Å². The van der Waals surface area contributed by atoms with Crippen LogP contribution in [0.2, 0.25) is 0 Å². The molecule has 1 aliphatic rings. The van der Waals surface area contributed by atoms with Gasteiger partial charge in [-0.2, -0.15) is 6.20 Å². The van der Waals surface area contributed by atoms with Crippen molar-refractivity contribution in [1.29, 1.82) is 0 Å². The fourth-order valence-electron chi connectivity index (χ4n) is 2.47. The zero-order valence-electron chi connectivity index (χ0n) is 14.5. The second kappa shape index (κ2) is 9.97. The number of ketones is 1. The summed E-state index contributed by atoms with van der Waals surface area (Å²) in [5.74, 6) is -0.0625. The summed E-state index contributed by atoms with van der Waals surface area (Å²) in [5, 5.41) is 15.2. The van der Waals surface area contributed by atoms with E-state index in [-0.39, 0.29) is 37.7 Å². The van der Waals surface area contributed by atoms with Crippen molar-refractivity contribution in [2.24, 2.45) is 0 Å². The van der Waals surface area contributed by atoms with Crippen LogP contribution < -0.4 is 0 Å². The number of aliphatic hydroxyl groups is 1. The summed E-state index contributed by atoms with van der Waals surface area (Å²) in [5.41, 5.74) is 2.42. The van der Waals surface area contributed by atoms with E-state index in [0.29, 0.717) is 0 Å². The average Bonchev–Trinajstić information content (AvgIpc) is 2.54. The number of fused-ring (bicyclic) bond motifs is 1. The number of carbonyl (C=O) groups excluding carboxylic acids is 1. The van der Waals surface area contributed by atoms with Crippen molar-refractivity contribution < 1.29 is 30.0 Å². The van der Waals surface area contributed by atoms with E-state index in [9.17, 15) is 4.79 Å². The molecule has 0 aromatic heterocycles. The van der Waals surface area contributed by atoms with Crippen molar-refractivity contribution in [2.45, 2.75) is 26.8 Å². The average molecular weight is 512 g/mol. The van der Waals surface area contributed by atoms with E-state index in [4.69, 9.17) is 5.11 Å². The molecule has 1 atom stereocenters. The Hall–Kier alpha value is -2.16. The summed E-state index contributed by atoms with van der Waals surface area (Å²) in [4.78, 5) is 10.0. The Bertz CT molecular complexity index is 818. The van der Waals surface area contributed by atoms with E-state index < -0.39 is 0 Å². The smallest absolute Gasteiger partial charge is 0.155 e. The third kappa shape index (κ3) is 6.33. The SMILES string of the molecule is CC(=O)/C=C(/C)O.Cc1cc2ccccc2[c-]c1C1C=CC=C[N-]1.[Ir]. The molecule has 3 nitrogen and oxygen atoms in total. The molecule has 0 amide bonds.